The van der Waals surface area contributed by atoms with Crippen molar-refractivity contribution in [3.8, 4) is 0 Å². The molecular formula is C16H24BrNO2. The number of halogens is 1. The van der Waals surface area contributed by atoms with Gasteiger partial charge in [-0.05, 0) is 70.3 Å². The van der Waals surface area contributed by atoms with Crippen LogP contribution in [0.3, 0.4) is 0 Å². The number of ether oxygens (including phenoxy) is 1. The van der Waals surface area contributed by atoms with Gasteiger partial charge < -0.3 is 10.1 Å². The van der Waals surface area contributed by atoms with Crippen molar-refractivity contribution in [2.24, 2.45) is 0 Å². The fourth-order valence-corrected chi connectivity index (χ4v) is 2.48. The second kappa shape index (κ2) is 8.42. The molecular weight excluding hydrogens is 318 g/mol. The second-order valence-electron chi connectivity index (χ2n) is 5.91. The summed E-state index contributed by atoms with van der Waals surface area (Å²) in [6.07, 6.45) is 2.55. The van der Waals surface area contributed by atoms with Crippen LogP contribution in [0.15, 0.2) is 28.7 Å². The highest BCUT2D eigenvalue weighted by molar-refractivity contribution is 9.10. The van der Waals surface area contributed by atoms with Crippen LogP contribution in [-0.2, 0) is 9.53 Å². The highest BCUT2D eigenvalue weighted by Crippen LogP contribution is 2.26. The first kappa shape index (κ1) is 17.2. The average Bonchev–Trinajstić information content (AvgIpc) is 2.39. The zero-order valence-electron chi connectivity index (χ0n) is 12.5. The minimum atomic E-state index is -0.318. The Balaban J connectivity index is 0.000000246. The summed E-state index contributed by atoms with van der Waals surface area (Å²) >= 11 is 3.51. The molecule has 0 saturated carbocycles. The zero-order chi connectivity index (χ0) is 15.0. The van der Waals surface area contributed by atoms with Crippen LogP contribution in [0.5, 0.6) is 0 Å². The Morgan fingerprint density at radius 3 is 2.40 bits per heavy atom. The Morgan fingerprint density at radius 1 is 1.30 bits per heavy atom. The maximum atomic E-state index is 9.60. The van der Waals surface area contributed by atoms with Crippen molar-refractivity contribution in [3.63, 3.8) is 0 Å². The zero-order valence-corrected chi connectivity index (χ0v) is 14.1. The van der Waals surface area contributed by atoms with E-state index in [-0.39, 0.29) is 5.60 Å². The van der Waals surface area contributed by atoms with Gasteiger partial charge in [-0.2, -0.15) is 0 Å². The molecule has 0 amide bonds. The van der Waals surface area contributed by atoms with Crippen molar-refractivity contribution in [1.82, 2.24) is 5.32 Å². The fraction of sp³-hybridized carbons (Fsp3) is 0.562. The van der Waals surface area contributed by atoms with Crippen LogP contribution in [-0.4, -0.2) is 25.2 Å². The van der Waals surface area contributed by atoms with Crippen LogP contribution in [0, 0.1) is 0 Å². The van der Waals surface area contributed by atoms with Crippen molar-refractivity contribution < 1.29 is 9.53 Å². The number of rotatable bonds is 2. The van der Waals surface area contributed by atoms with E-state index in [1.807, 2.05) is 20.8 Å². The number of nitrogens with one attached hydrogen (secondary N) is 1. The van der Waals surface area contributed by atoms with E-state index in [1.54, 1.807) is 0 Å². The van der Waals surface area contributed by atoms with E-state index in [1.165, 1.54) is 22.9 Å². The maximum absolute atomic E-state index is 9.60. The van der Waals surface area contributed by atoms with Gasteiger partial charge in [0.1, 0.15) is 5.60 Å². The molecule has 1 heterocycles. The van der Waals surface area contributed by atoms with Gasteiger partial charge in [0.15, 0.2) is 0 Å². The largest absolute Gasteiger partial charge is 0.462 e. The molecule has 0 bridgehead atoms. The van der Waals surface area contributed by atoms with Gasteiger partial charge in [-0.25, -0.2) is 0 Å². The monoisotopic (exact) mass is 341 g/mol. The maximum Gasteiger partial charge on any atom is 0.293 e. The molecule has 0 aromatic heterocycles. The van der Waals surface area contributed by atoms with Gasteiger partial charge in [-0.15, -0.1) is 0 Å². The van der Waals surface area contributed by atoms with Crippen LogP contribution in [0.1, 0.15) is 45.1 Å². The summed E-state index contributed by atoms with van der Waals surface area (Å²) in [4.78, 5) is 9.60. The second-order valence-corrected chi connectivity index (χ2v) is 6.82. The van der Waals surface area contributed by atoms with E-state index in [2.05, 4.69) is 50.2 Å². The number of carbonyl (C=O) groups excluding carboxylic acids is 1. The SMILES string of the molecule is Brc1cccc(C2CCNCC2)c1.CC(C)(C)OC=O. The van der Waals surface area contributed by atoms with E-state index >= 15 is 0 Å². The van der Waals surface area contributed by atoms with Crippen LogP contribution < -0.4 is 5.32 Å². The molecule has 2 rings (SSSR count). The summed E-state index contributed by atoms with van der Waals surface area (Å²) in [7, 11) is 0. The predicted octanol–water partition coefficient (Wildman–Crippen LogP) is 3.87. The van der Waals surface area contributed by atoms with Crippen molar-refractivity contribution in [2.45, 2.75) is 45.1 Å². The van der Waals surface area contributed by atoms with Crippen molar-refractivity contribution in [1.29, 1.82) is 0 Å². The Kier molecular flexibility index (Phi) is 7.24. The molecule has 0 radical (unpaired) electrons. The van der Waals surface area contributed by atoms with E-state index in [0.29, 0.717) is 6.47 Å². The topological polar surface area (TPSA) is 38.3 Å². The molecule has 1 saturated heterocycles. The highest BCUT2D eigenvalue weighted by atomic mass is 79.9. The van der Waals surface area contributed by atoms with E-state index in [9.17, 15) is 4.79 Å². The van der Waals surface area contributed by atoms with Gasteiger partial charge in [0.05, 0.1) is 0 Å². The number of hydrogen-bond donors (Lipinski definition) is 1. The Morgan fingerprint density at radius 2 is 1.95 bits per heavy atom. The Hall–Kier alpha value is -0.870. The Labute approximate surface area is 130 Å². The van der Waals surface area contributed by atoms with Crippen LogP contribution in [0.4, 0.5) is 0 Å². The Bertz CT molecular complexity index is 409. The number of hydrogen-bond acceptors (Lipinski definition) is 3. The molecule has 0 aliphatic carbocycles. The third kappa shape index (κ3) is 7.06. The molecule has 0 unspecified atom stereocenters. The van der Waals surface area contributed by atoms with Gasteiger partial charge in [-0.1, -0.05) is 28.1 Å². The lowest BCUT2D eigenvalue weighted by molar-refractivity contribution is -0.138. The summed E-state index contributed by atoms with van der Waals surface area (Å²) in [5, 5.41) is 3.39. The smallest absolute Gasteiger partial charge is 0.293 e. The molecule has 3 nitrogen and oxygen atoms in total. The van der Waals surface area contributed by atoms with Gasteiger partial charge in [0.2, 0.25) is 0 Å². The standard InChI is InChI=1S/C11H14BrN.C5H10O2/c12-11-3-1-2-10(8-11)9-4-6-13-7-5-9;1-5(2,3)7-4-6/h1-3,8-9,13H,4-7H2;4H,1-3H3. The highest BCUT2D eigenvalue weighted by Gasteiger charge is 2.14. The molecule has 4 heteroatoms. The third-order valence-corrected chi connectivity index (χ3v) is 3.55. The van der Waals surface area contributed by atoms with Crippen LogP contribution in [0.25, 0.3) is 0 Å². The molecule has 1 fully saturated rings. The molecule has 1 aliphatic heterocycles. The molecule has 1 aromatic rings. The summed E-state index contributed by atoms with van der Waals surface area (Å²) in [5.41, 5.74) is 1.16. The summed E-state index contributed by atoms with van der Waals surface area (Å²) in [6, 6.07) is 8.70. The predicted molar refractivity (Wildman–Crippen MR) is 85.9 cm³/mol. The van der Waals surface area contributed by atoms with E-state index in [0.717, 1.165) is 19.0 Å². The summed E-state index contributed by atoms with van der Waals surface area (Å²) < 4.78 is 5.75. The average molecular weight is 342 g/mol. The quantitative estimate of drug-likeness (QED) is 0.829. The van der Waals surface area contributed by atoms with Crippen LogP contribution in [0.2, 0.25) is 0 Å². The molecule has 112 valence electrons. The molecule has 0 atom stereocenters. The molecule has 1 aromatic carbocycles. The lowest BCUT2D eigenvalue weighted by atomic mass is 9.90. The van der Waals surface area contributed by atoms with Gasteiger partial charge in [0, 0.05) is 4.47 Å². The molecule has 20 heavy (non-hydrogen) atoms. The minimum absolute atomic E-state index is 0.318. The summed E-state index contributed by atoms with van der Waals surface area (Å²) in [5.74, 6) is 0.763. The lowest BCUT2D eigenvalue weighted by Crippen LogP contribution is -2.26. The number of benzene rings is 1. The first-order chi connectivity index (χ1) is 9.42. The van der Waals surface area contributed by atoms with Crippen molar-refractivity contribution in [3.05, 3.63) is 34.3 Å². The first-order valence-electron chi connectivity index (χ1n) is 7.00. The third-order valence-electron chi connectivity index (χ3n) is 3.06. The van der Waals surface area contributed by atoms with Crippen molar-refractivity contribution in [2.75, 3.05) is 13.1 Å². The minimum Gasteiger partial charge on any atom is -0.462 e. The molecule has 1 N–H and O–H groups in total. The number of piperidine rings is 1. The van der Waals surface area contributed by atoms with Gasteiger partial charge in [0.25, 0.3) is 6.47 Å². The van der Waals surface area contributed by atoms with E-state index in [4.69, 9.17) is 0 Å². The lowest BCUT2D eigenvalue weighted by Gasteiger charge is -2.22. The molecule has 0 spiro atoms. The number of carbonyl (C=O) groups is 1. The first-order valence-corrected chi connectivity index (χ1v) is 7.79. The van der Waals surface area contributed by atoms with Crippen LogP contribution >= 0.6 is 15.9 Å². The summed E-state index contributed by atoms with van der Waals surface area (Å²) in [6.45, 7) is 8.25. The van der Waals surface area contributed by atoms with Gasteiger partial charge >= 0.3 is 0 Å². The fourth-order valence-electron chi connectivity index (χ4n) is 2.06. The van der Waals surface area contributed by atoms with E-state index < -0.39 is 0 Å². The molecule has 1 aliphatic rings. The van der Waals surface area contributed by atoms with Crippen molar-refractivity contribution >= 4 is 22.4 Å². The normalized spacial score (nSPS) is 16.0. The van der Waals surface area contributed by atoms with Gasteiger partial charge in [-0.3, -0.25) is 4.79 Å².